The number of carbonyl (C=O) groups is 1. The fraction of sp³-hybridized carbons (Fsp3) is 0.842. The van der Waals surface area contributed by atoms with Gasteiger partial charge >= 0.3 is 5.97 Å². The molecule has 0 aromatic carbocycles. The molecular weight excluding hydrogens is 276 g/mol. The average molecular weight is 306 g/mol. The molecule has 0 aromatic rings. The second kappa shape index (κ2) is 6.35. The smallest absolute Gasteiger partial charge is 0.333 e. The molecule has 4 bridgehead atoms. The van der Waals surface area contributed by atoms with Crippen molar-refractivity contribution in [2.45, 2.75) is 63.9 Å². The van der Waals surface area contributed by atoms with Gasteiger partial charge in [-0.15, -0.1) is 0 Å². The minimum Gasteiger partial charge on any atom is -0.455 e. The van der Waals surface area contributed by atoms with Crippen LogP contribution in [0.2, 0.25) is 0 Å². The van der Waals surface area contributed by atoms with E-state index in [0.717, 1.165) is 37.7 Å². The van der Waals surface area contributed by atoms with Crippen LogP contribution in [-0.4, -0.2) is 25.3 Å². The summed E-state index contributed by atoms with van der Waals surface area (Å²) < 4.78 is 11.4. The van der Waals surface area contributed by atoms with E-state index in [1.54, 1.807) is 14.0 Å². The average Bonchev–Trinajstić information content (AvgIpc) is 2.47. The van der Waals surface area contributed by atoms with Crippen molar-refractivity contribution >= 4 is 5.97 Å². The number of ether oxygens (including phenoxy) is 2. The van der Waals surface area contributed by atoms with Gasteiger partial charge in [0.25, 0.3) is 0 Å². The summed E-state index contributed by atoms with van der Waals surface area (Å²) >= 11 is 0. The first kappa shape index (κ1) is 16.0. The van der Waals surface area contributed by atoms with Crippen molar-refractivity contribution < 1.29 is 14.3 Å². The molecule has 0 atom stereocenters. The molecule has 0 amide bonds. The lowest BCUT2D eigenvalue weighted by atomic mass is 9.49. The normalized spacial score (nSPS) is 39.0. The Morgan fingerprint density at radius 1 is 1.09 bits per heavy atom. The van der Waals surface area contributed by atoms with Gasteiger partial charge in [-0.25, -0.2) is 4.79 Å². The SMILES string of the molecule is C=C(C)C(=O)OC1(CCCCOC)C2CC3CC(C2)CC1C3. The highest BCUT2D eigenvalue weighted by atomic mass is 16.6. The Hall–Kier alpha value is -0.830. The van der Waals surface area contributed by atoms with Crippen molar-refractivity contribution in [1.29, 1.82) is 0 Å². The number of methoxy groups -OCH3 is 1. The second-order valence-electron chi connectivity index (χ2n) is 7.88. The van der Waals surface area contributed by atoms with E-state index in [1.807, 2.05) is 0 Å². The van der Waals surface area contributed by atoms with E-state index in [2.05, 4.69) is 6.58 Å². The Morgan fingerprint density at radius 2 is 1.68 bits per heavy atom. The first-order chi connectivity index (χ1) is 10.5. The Balaban J connectivity index is 1.76. The van der Waals surface area contributed by atoms with E-state index in [-0.39, 0.29) is 11.6 Å². The van der Waals surface area contributed by atoms with Gasteiger partial charge in [-0.3, -0.25) is 0 Å². The molecule has 4 rings (SSSR count). The molecule has 4 aliphatic carbocycles. The summed E-state index contributed by atoms with van der Waals surface area (Å²) in [6.07, 6.45) is 9.61. The predicted molar refractivity (Wildman–Crippen MR) is 86.4 cm³/mol. The lowest BCUT2D eigenvalue weighted by Gasteiger charge is -2.60. The molecule has 3 heteroatoms. The van der Waals surface area contributed by atoms with Gasteiger partial charge in [0, 0.05) is 19.3 Å². The lowest BCUT2D eigenvalue weighted by Crippen LogP contribution is -2.59. The van der Waals surface area contributed by atoms with Gasteiger partial charge in [0.05, 0.1) is 0 Å². The van der Waals surface area contributed by atoms with E-state index in [9.17, 15) is 4.79 Å². The fourth-order valence-corrected chi connectivity index (χ4v) is 5.52. The summed E-state index contributed by atoms with van der Waals surface area (Å²) in [6, 6.07) is 0. The van der Waals surface area contributed by atoms with Gasteiger partial charge < -0.3 is 9.47 Å². The number of unbranched alkanes of at least 4 members (excludes halogenated alkanes) is 1. The zero-order valence-electron chi connectivity index (χ0n) is 14.1. The summed E-state index contributed by atoms with van der Waals surface area (Å²) in [7, 11) is 1.75. The van der Waals surface area contributed by atoms with Crippen LogP contribution >= 0.6 is 0 Å². The molecule has 0 aromatic heterocycles. The maximum atomic E-state index is 12.3. The van der Waals surface area contributed by atoms with E-state index in [1.165, 1.54) is 32.1 Å². The summed E-state index contributed by atoms with van der Waals surface area (Å²) in [5.41, 5.74) is 0.321. The molecular formula is C19H30O3. The van der Waals surface area contributed by atoms with Crippen molar-refractivity contribution in [2.75, 3.05) is 13.7 Å². The van der Waals surface area contributed by atoms with Gasteiger partial charge in [-0.2, -0.15) is 0 Å². The topological polar surface area (TPSA) is 35.5 Å². The molecule has 0 saturated heterocycles. The van der Waals surface area contributed by atoms with Crippen molar-refractivity contribution in [2.24, 2.45) is 23.7 Å². The van der Waals surface area contributed by atoms with Gasteiger partial charge in [-0.05, 0) is 82.0 Å². The van der Waals surface area contributed by atoms with E-state index in [0.29, 0.717) is 17.4 Å². The maximum Gasteiger partial charge on any atom is 0.333 e. The monoisotopic (exact) mass is 306 g/mol. The summed E-state index contributed by atoms with van der Waals surface area (Å²) in [6.45, 7) is 6.34. The fourth-order valence-electron chi connectivity index (χ4n) is 5.52. The molecule has 0 unspecified atom stereocenters. The van der Waals surface area contributed by atoms with Crippen LogP contribution in [0.3, 0.4) is 0 Å². The third-order valence-corrected chi connectivity index (χ3v) is 6.32. The van der Waals surface area contributed by atoms with Crippen LogP contribution < -0.4 is 0 Å². The molecule has 3 nitrogen and oxygen atoms in total. The van der Waals surface area contributed by atoms with Crippen LogP contribution in [0, 0.1) is 23.7 Å². The Morgan fingerprint density at radius 3 is 2.18 bits per heavy atom. The second-order valence-corrected chi connectivity index (χ2v) is 7.88. The highest BCUT2D eigenvalue weighted by Crippen LogP contribution is 2.61. The third-order valence-electron chi connectivity index (χ3n) is 6.32. The molecule has 0 N–H and O–H groups in total. The van der Waals surface area contributed by atoms with E-state index >= 15 is 0 Å². The molecule has 0 radical (unpaired) electrons. The van der Waals surface area contributed by atoms with Crippen molar-refractivity contribution in [3.63, 3.8) is 0 Å². The standard InChI is InChI=1S/C19H30O3/c1-13(2)18(20)22-19(6-4-5-7-21-3)16-9-14-8-15(11-16)12-17(19)10-14/h14-17H,1,4-12H2,2-3H3. The Labute approximate surface area is 134 Å². The van der Waals surface area contributed by atoms with Gasteiger partial charge in [0.2, 0.25) is 0 Å². The van der Waals surface area contributed by atoms with Crippen LogP contribution in [-0.2, 0) is 14.3 Å². The maximum absolute atomic E-state index is 12.3. The molecule has 0 aliphatic heterocycles. The molecule has 124 valence electrons. The van der Waals surface area contributed by atoms with Gasteiger partial charge in [0.1, 0.15) is 5.60 Å². The molecule has 4 fully saturated rings. The van der Waals surface area contributed by atoms with Gasteiger partial charge in [-0.1, -0.05) is 6.58 Å². The lowest BCUT2D eigenvalue weighted by molar-refractivity contribution is -0.209. The highest BCUT2D eigenvalue weighted by molar-refractivity contribution is 5.87. The van der Waals surface area contributed by atoms with Crippen molar-refractivity contribution in [3.8, 4) is 0 Å². The number of esters is 1. The number of hydrogen-bond donors (Lipinski definition) is 0. The minimum absolute atomic E-state index is 0.181. The number of carbonyl (C=O) groups excluding carboxylic acids is 1. The molecule has 0 heterocycles. The minimum atomic E-state index is -0.211. The zero-order valence-corrected chi connectivity index (χ0v) is 14.1. The molecule has 22 heavy (non-hydrogen) atoms. The first-order valence-electron chi connectivity index (χ1n) is 8.93. The summed E-state index contributed by atoms with van der Waals surface area (Å²) in [4.78, 5) is 12.3. The van der Waals surface area contributed by atoms with E-state index < -0.39 is 0 Å². The van der Waals surface area contributed by atoms with Crippen LogP contribution in [0.25, 0.3) is 0 Å². The van der Waals surface area contributed by atoms with E-state index in [4.69, 9.17) is 9.47 Å². The van der Waals surface area contributed by atoms with Crippen LogP contribution in [0.15, 0.2) is 12.2 Å². The van der Waals surface area contributed by atoms with Crippen molar-refractivity contribution in [1.82, 2.24) is 0 Å². The van der Waals surface area contributed by atoms with Crippen LogP contribution in [0.1, 0.15) is 58.3 Å². The van der Waals surface area contributed by atoms with Crippen LogP contribution in [0.5, 0.6) is 0 Å². The van der Waals surface area contributed by atoms with Crippen LogP contribution in [0.4, 0.5) is 0 Å². The largest absolute Gasteiger partial charge is 0.455 e. The number of hydrogen-bond acceptors (Lipinski definition) is 3. The quantitative estimate of drug-likeness (QED) is 0.403. The molecule has 4 aliphatic rings. The molecule has 4 saturated carbocycles. The van der Waals surface area contributed by atoms with Crippen molar-refractivity contribution in [3.05, 3.63) is 12.2 Å². The summed E-state index contributed by atoms with van der Waals surface area (Å²) in [5.74, 6) is 2.75. The van der Waals surface area contributed by atoms with Gasteiger partial charge in [0.15, 0.2) is 0 Å². The zero-order chi connectivity index (χ0) is 15.7. The summed E-state index contributed by atoms with van der Waals surface area (Å²) in [5, 5.41) is 0. The Bertz CT molecular complexity index is 412. The predicted octanol–water partition coefficient (Wildman–Crippen LogP) is 4.12. The third kappa shape index (κ3) is 2.84. The first-order valence-corrected chi connectivity index (χ1v) is 8.93. The Kier molecular flexibility index (Phi) is 4.63. The number of rotatable bonds is 7. The highest BCUT2D eigenvalue weighted by Gasteiger charge is 2.59. The molecule has 0 spiro atoms.